The predicted octanol–water partition coefficient (Wildman–Crippen LogP) is 4.15. The third kappa shape index (κ3) is 4.47. The normalized spacial score (nSPS) is 17.0. The summed E-state index contributed by atoms with van der Waals surface area (Å²) in [5.41, 5.74) is 1.23. The third-order valence-corrected chi connectivity index (χ3v) is 3.89. The minimum atomic E-state index is -0.194. The molecule has 1 aliphatic heterocycles. The second kappa shape index (κ2) is 7.49. The Hall–Kier alpha value is -2.04. The zero-order valence-corrected chi connectivity index (χ0v) is 13.4. The van der Waals surface area contributed by atoms with Crippen LogP contribution in [0.1, 0.15) is 23.2 Å². The van der Waals surface area contributed by atoms with Gasteiger partial charge in [0.2, 0.25) is 0 Å². The smallest absolute Gasteiger partial charge is 0.255 e. The minimum absolute atomic E-state index is 0.192. The predicted molar refractivity (Wildman–Crippen MR) is 90.3 cm³/mol. The van der Waals surface area contributed by atoms with Crippen LogP contribution < -0.4 is 10.1 Å². The largest absolute Gasteiger partial charge is 0.491 e. The molecular formula is C18H18ClNO3. The van der Waals surface area contributed by atoms with Crippen LogP contribution in [0, 0.1) is 0 Å². The van der Waals surface area contributed by atoms with Gasteiger partial charge in [0.1, 0.15) is 12.4 Å². The number of carbonyl (C=O) groups excluding carboxylic acids is 1. The lowest BCUT2D eigenvalue weighted by molar-refractivity contribution is 0.0679. The van der Waals surface area contributed by atoms with Gasteiger partial charge in [-0.15, -0.1) is 0 Å². The summed E-state index contributed by atoms with van der Waals surface area (Å²) in [5.74, 6) is 0.571. The van der Waals surface area contributed by atoms with Crippen molar-refractivity contribution >= 4 is 23.2 Å². The van der Waals surface area contributed by atoms with Gasteiger partial charge < -0.3 is 14.8 Å². The summed E-state index contributed by atoms with van der Waals surface area (Å²) < 4.78 is 11.2. The van der Waals surface area contributed by atoms with Crippen molar-refractivity contribution in [2.45, 2.75) is 18.9 Å². The molecule has 1 unspecified atom stereocenters. The van der Waals surface area contributed by atoms with Gasteiger partial charge in [-0.05, 0) is 55.3 Å². The molecule has 0 spiro atoms. The standard InChI is InChI=1S/C18H18ClNO3/c19-14-4-1-3-13(11-14)18(21)20-15-6-8-16(9-7-15)23-12-17-5-2-10-22-17/h1,3-4,6-9,11,17H,2,5,10,12H2,(H,20,21). The molecule has 0 aliphatic carbocycles. The van der Waals surface area contributed by atoms with Gasteiger partial charge in [-0.2, -0.15) is 0 Å². The van der Waals surface area contributed by atoms with Gasteiger partial charge in [0, 0.05) is 22.9 Å². The molecule has 1 N–H and O–H groups in total. The first-order valence-electron chi connectivity index (χ1n) is 7.62. The number of hydrogen-bond donors (Lipinski definition) is 1. The maximum atomic E-state index is 12.1. The lowest BCUT2D eigenvalue weighted by Gasteiger charge is -2.12. The number of rotatable bonds is 5. The number of benzene rings is 2. The Kier molecular flexibility index (Phi) is 5.16. The molecule has 0 saturated carbocycles. The zero-order valence-electron chi connectivity index (χ0n) is 12.6. The van der Waals surface area contributed by atoms with Crippen LogP contribution in [-0.4, -0.2) is 25.2 Å². The third-order valence-electron chi connectivity index (χ3n) is 3.66. The summed E-state index contributed by atoms with van der Waals surface area (Å²) in [5, 5.41) is 3.37. The summed E-state index contributed by atoms with van der Waals surface area (Å²) in [6, 6.07) is 14.1. The molecule has 0 aromatic heterocycles. The van der Waals surface area contributed by atoms with Crippen molar-refractivity contribution in [3.8, 4) is 5.75 Å². The highest BCUT2D eigenvalue weighted by Crippen LogP contribution is 2.19. The van der Waals surface area contributed by atoms with E-state index in [0.717, 1.165) is 25.2 Å². The molecule has 1 atom stereocenters. The molecule has 1 amide bonds. The number of anilines is 1. The van der Waals surface area contributed by atoms with E-state index in [1.54, 1.807) is 24.3 Å². The Balaban J connectivity index is 1.55. The van der Waals surface area contributed by atoms with Gasteiger partial charge in [-0.25, -0.2) is 0 Å². The maximum Gasteiger partial charge on any atom is 0.255 e. The highest BCUT2D eigenvalue weighted by molar-refractivity contribution is 6.31. The van der Waals surface area contributed by atoms with Crippen LogP contribution in [-0.2, 0) is 4.74 Å². The Labute approximate surface area is 140 Å². The highest BCUT2D eigenvalue weighted by Gasteiger charge is 2.15. The number of amides is 1. The van der Waals surface area contributed by atoms with E-state index >= 15 is 0 Å². The van der Waals surface area contributed by atoms with Gasteiger partial charge >= 0.3 is 0 Å². The summed E-state index contributed by atoms with van der Waals surface area (Å²) in [6.07, 6.45) is 2.34. The molecule has 23 heavy (non-hydrogen) atoms. The number of ether oxygens (including phenoxy) is 2. The maximum absolute atomic E-state index is 12.1. The molecule has 0 radical (unpaired) electrons. The lowest BCUT2D eigenvalue weighted by atomic mass is 10.2. The van der Waals surface area contributed by atoms with E-state index in [4.69, 9.17) is 21.1 Å². The highest BCUT2D eigenvalue weighted by atomic mass is 35.5. The first-order chi connectivity index (χ1) is 11.2. The molecule has 0 bridgehead atoms. The summed E-state index contributed by atoms with van der Waals surface area (Å²) in [4.78, 5) is 12.1. The van der Waals surface area contributed by atoms with Crippen molar-refractivity contribution in [3.63, 3.8) is 0 Å². The van der Waals surface area contributed by atoms with Gasteiger partial charge in [0.25, 0.3) is 5.91 Å². The number of hydrogen-bond acceptors (Lipinski definition) is 3. The average molecular weight is 332 g/mol. The van der Waals surface area contributed by atoms with Crippen molar-refractivity contribution in [2.24, 2.45) is 0 Å². The van der Waals surface area contributed by atoms with Gasteiger partial charge in [-0.3, -0.25) is 4.79 Å². The fraction of sp³-hybridized carbons (Fsp3) is 0.278. The lowest BCUT2D eigenvalue weighted by Crippen LogP contribution is -2.16. The molecule has 1 fully saturated rings. The quantitative estimate of drug-likeness (QED) is 0.895. The second-order valence-electron chi connectivity index (χ2n) is 5.43. The molecule has 1 saturated heterocycles. The number of carbonyl (C=O) groups is 1. The van der Waals surface area contributed by atoms with E-state index in [1.807, 2.05) is 24.3 Å². The van der Waals surface area contributed by atoms with Crippen molar-refractivity contribution in [1.29, 1.82) is 0 Å². The van der Waals surface area contributed by atoms with E-state index in [1.165, 1.54) is 0 Å². The Bertz CT molecular complexity index is 666. The Morgan fingerprint density at radius 1 is 1.26 bits per heavy atom. The molecule has 1 heterocycles. The summed E-state index contributed by atoms with van der Waals surface area (Å²) >= 11 is 5.89. The van der Waals surface area contributed by atoms with Crippen LogP contribution in [0.3, 0.4) is 0 Å². The van der Waals surface area contributed by atoms with Crippen molar-refractivity contribution in [2.75, 3.05) is 18.5 Å². The minimum Gasteiger partial charge on any atom is -0.491 e. The first kappa shape index (κ1) is 15.8. The molecule has 1 aliphatic rings. The van der Waals surface area contributed by atoms with Gasteiger partial charge in [0.15, 0.2) is 0 Å². The van der Waals surface area contributed by atoms with Gasteiger partial charge in [0.05, 0.1) is 6.10 Å². The molecular weight excluding hydrogens is 314 g/mol. The molecule has 120 valence electrons. The van der Waals surface area contributed by atoms with Gasteiger partial charge in [-0.1, -0.05) is 17.7 Å². The first-order valence-corrected chi connectivity index (χ1v) is 8.00. The zero-order chi connectivity index (χ0) is 16.1. The van der Waals surface area contributed by atoms with E-state index in [2.05, 4.69) is 5.32 Å². The monoisotopic (exact) mass is 331 g/mol. The molecule has 5 heteroatoms. The summed E-state index contributed by atoms with van der Waals surface area (Å²) in [6.45, 7) is 1.39. The van der Waals surface area contributed by atoms with Crippen molar-refractivity contribution < 1.29 is 14.3 Å². The van der Waals surface area contributed by atoms with Crippen molar-refractivity contribution in [3.05, 3.63) is 59.1 Å². The van der Waals surface area contributed by atoms with Crippen LogP contribution in [0.5, 0.6) is 5.75 Å². The topological polar surface area (TPSA) is 47.6 Å². The van der Waals surface area contributed by atoms with Crippen molar-refractivity contribution in [1.82, 2.24) is 0 Å². The van der Waals surface area contributed by atoms with Crippen LogP contribution in [0.15, 0.2) is 48.5 Å². The molecule has 4 nitrogen and oxygen atoms in total. The fourth-order valence-electron chi connectivity index (χ4n) is 2.43. The Morgan fingerprint density at radius 3 is 2.78 bits per heavy atom. The fourth-order valence-corrected chi connectivity index (χ4v) is 2.62. The SMILES string of the molecule is O=C(Nc1ccc(OCC2CCCO2)cc1)c1cccc(Cl)c1. The van der Waals surface area contributed by atoms with Crippen LogP contribution >= 0.6 is 11.6 Å². The number of halogens is 1. The number of nitrogens with one attached hydrogen (secondary N) is 1. The molecule has 3 rings (SSSR count). The molecule has 2 aromatic carbocycles. The molecule has 2 aromatic rings. The van der Waals surface area contributed by atoms with Crippen LogP contribution in [0.2, 0.25) is 5.02 Å². The van der Waals surface area contributed by atoms with E-state index in [9.17, 15) is 4.79 Å². The Morgan fingerprint density at radius 2 is 2.09 bits per heavy atom. The van der Waals surface area contributed by atoms with E-state index in [0.29, 0.717) is 22.9 Å². The van der Waals surface area contributed by atoms with E-state index < -0.39 is 0 Å². The van der Waals surface area contributed by atoms with E-state index in [-0.39, 0.29) is 12.0 Å². The van der Waals surface area contributed by atoms with Crippen LogP contribution in [0.25, 0.3) is 0 Å². The average Bonchev–Trinajstić information content (AvgIpc) is 3.08. The van der Waals surface area contributed by atoms with Crippen LogP contribution in [0.4, 0.5) is 5.69 Å². The summed E-state index contributed by atoms with van der Waals surface area (Å²) in [7, 11) is 0. The second-order valence-corrected chi connectivity index (χ2v) is 5.87.